The van der Waals surface area contributed by atoms with E-state index < -0.39 is 29.2 Å². The van der Waals surface area contributed by atoms with Crippen molar-refractivity contribution in [2.24, 2.45) is 0 Å². The Balaban J connectivity index is 1.64. The molecule has 0 atom stereocenters. The van der Waals surface area contributed by atoms with Crippen LogP contribution in [0.25, 0.3) is 0 Å². The van der Waals surface area contributed by atoms with Crippen LogP contribution in [-0.2, 0) is 9.59 Å². The molecule has 0 radical (unpaired) electrons. The van der Waals surface area contributed by atoms with Crippen LogP contribution in [0, 0.1) is 10.1 Å². The van der Waals surface area contributed by atoms with Crippen molar-refractivity contribution in [3.63, 3.8) is 0 Å². The molecule has 1 fully saturated rings. The van der Waals surface area contributed by atoms with E-state index in [1.54, 1.807) is 4.90 Å². The number of nitro groups is 1. The molecule has 2 heterocycles. The monoisotopic (exact) mass is 408 g/mol. The largest absolute Gasteiger partial charge is 0.339 e. The van der Waals surface area contributed by atoms with Gasteiger partial charge in [-0.25, -0.2) is 0 Å². The fourth-order valence-corrected chi connectivity index (χ4v) is 3.38. The summed E-state index contributed by atoms with van der Waals surface area (Å²) in [6.45, 7) is 0.852. The fourth-order valence-electron chi connectivity index (χ4n) is 3.22. The SMILES string of the molecule is O=C(CCCl)N1CCN(C(=O)CN2C(=O)c3ccc([N+](=O)[O-])cc3C2=O)CC1. The number of alkyl halides is 1. The Morgan fingerprint density at radius 3 is 2.14 bits per heavy atom. The van der Waals surface area contributed by atoms with E-state index in [2.05, 4.69) is 0 Å². The summed E-state index contributed by atoms with van der Waals surface area (Å²) in [6, 6.07) is 3.41. The molecule has 28 heavy (non-hydrogen) atoms. The highest BCUT2D eigenvalue weighted by molar-refractivity contribution is 6.22. The van der Waals surface area contributed by atoms with Crippen LogP contribution >= 0.6 is 11.6 Å². The first-order valence-corrected chi connectivity index (χ1v) is 9.13. The maximum atomic E-state index is 12.5. The Morgan fingerprint density at radius 1 is 1.00 bits per heavy atom. The number of hydrogen-bond donors (Lipinski definition) is 0. The molecule has 148 valence electrons. The summed E-state index contributed by atoms with van der Waals surface area (Å²) >= 11 is 5.56. The summed E-state index contributed by atoms with van der Waals surface area (Å²) in [4.78, 5) is 63.3. The lowest BCUT2D eigenvalue weighted by atomic mass is 10.1. The van der Waals surface area contributed by atoms with Gasteiger partial charge >= 0.3 is 0 Å². The zero-order valence-electron chi connectivity index (χ0n) is 14.8. The van der Waals surface area contributed by atoms with Crippen LogP contribution in [0.15, 0.2) is 18.2 Å². The Morgan fingerprint density at radius 2 is 1.57 bits per heavy atom. The Bertz CT molecular complexity index is 865. The zero-order valence-corrected chi connectivity index (χ0v) is 15.6. The molecule has 2 aliphatic rings. The predicted octanol–water partition coefficient (Wildman–Crippen LogP) is 0.490. The van der Waals surface area contributed by atoms with E-state index in [0.29, 0.717) is 26.2 Å². The van der Waals surface area contributed by atoms with Gasteiger partial charge in [0, 0.05) is 50.6 Å². The van der Waals surface area contributed by atoms with E-state index in [1.165, 1.54) is 11.0 Å². The molecule has 0 aromatic heterocycles. The summed E-state index contributed by atoms with van der Waals surface area (Å²) < 4.78 is 0. The van der Waals surface area contributed by atoms with Crippen molar-refractivity contribution in [2.45, 2.75) is 6.42 Å². The number of carbonyl (C=O) groups excluding carboxylic acids is 4. The lowest BCUT2D eigenvalue weighted by Crippen LogP contribution is -2.53. The number of nitro benzene ring substituents is 1. The van der Waals surface area contributed by atoms with Gasteiger partial charge in [0.15, 0.2) is 0 Å². The highest BCUT2D eigenvalue weighted by Gasteiger charge is 2.38. The van der Waals surface area contributed by atoms with Crippen molar-refractivity contribution in [1.29, 1.82) is 0 Å². The summed E-state index contributed by atoms with van der Waals surface area (Å²) in [6.07, 6.45) is 0.233. The van der Waals surface area contributed by atoms with Crippen LogP contribution < -0.4 is 0 Å². The molecule has 1 aromatic carbocycles. The quantitative estimate of drug-likeness (QED) is 0.302. The number of benzene rings is 1. The van der Waals surface area contributed by atoms with E-state index in [9.17, 15) is 29.3 Å². The lowest BCUT2D eigenvalue weighted by molar-refractivity contribution is -0.384. The van der Waals surface area contributed by atoms with Gasteiger partial charge in [-0.15, -0.1) is 11.6 Å². The van der Waals surface area contributed by atoms with E-state index in [0.717, 1.165) is 17.0 Å². The average Bonchev–Trinajstić information content (AvgIpc) is 2.92. The molecule has 0 saturated carbocycles. The third-order valence-electron chi connectivity index (χ3n) is 4.75. The van der Waals surface area contributed by atoms with Crippen LogP contribution in [0.1, 0.15) is 27.1 Å². The molecule has 11 heteroatoms. The first kappa shape index (κ1) is 19.7. The third kappa shape index (κ3) is 3.68. The van der Waals surface area contributed by atoms with E-state index in [-0.39, 0.29) is 35.0 Å². The van der Waals surface area contributed by atoms with E-state index >= 15 is 0 Å². The third-order valence-corrected chi connectivity index (χ3v) is 4.94. The van der Waals surface area contributed by atoms with Gasteiger partial charge in [0.2, 0.25) is 11.8 Å². The number of hydrogen-bond acceptors (Lipinski definition) is 6. The molecule has 4 amide bonds. The van der Waals surface area contributed by atoms with Gasteiger partial charge in [-0.3, -0.25) is 34.2 Å². The standard InChI is InChI=1S/C17H17ClN4O6/c18-4-3-14(23)19-5-7-20(8-6-19)15(24)10-21-16(25)12-2-1-11(22(27)28)9-13(12)17(21)26/h1-2,9H,3-8,10H2. The van der Waals surface area contributed by atoms with Crippen LogP contribution in [0.4, 0.5) is 5.69 Å². The maximum Gasteiger partial charge on any atom is 0.270 e. The number of rotatable bonds is 5. The first-order chi connectivity index (χ1) is 13.3. The highest BCUT2D eigenvalue weighted by atomic mass is 35.5. The molecule has 10 nitrogen and oxygen atoms in total. The van der Waals surface area contributed by atoms with Crippen molar-refractivity contribution in [3.05, 3.63) is 39.4 Å². The molecular formula is C17H17ClN4O6. The second-order valence-electron chi connectivity index (χ2n) is 6.38. The van der Waals surface area contributed by atoms with Crippen LogP contribution in [0.5, 0.6) is 0 Å². The molecule has 0 spiro atoms. The second-order valence-corrected chi connectivity index (χ2v) is 6.76. The van der Waals surface area contributed by atoms with Crippen LogP contribution in [-0.4, -0.2) is 81.9 Å². The van der Waals surface area contributed by atoms with Gasteiger partial charge in [0.25, 0.3) is 17.5 Å². The molecular weight excluding hydrogens is 392 g/mol. The number of amides is 4. The van der Waals surface area contributed by atoms with Crippen molar-refractivity contribution in [3.8, 4) is 0 Å². The normalized spacial score (nSPS) is 16.4. The number of piperazine rings is 1. The molecule has 1 saturated heterocycles. The topological polar surface area (TPSA) is 121 Å². The van der Waals surface area contributed by atoms with Crippen molar-refractivity contribution in [2.75, 3.05) is 38.6 Å². The van der Waals surface area contributed by atoms with Crippen molar-refractivity contribution in [1.82, 2.24) is 14.7 Å². The summed E-state index contributed by atoms with van der Waals surface area (Å²) in [5, 5.41) is 10.9. The summed E-state index contributed by atoms with van der Waals surface area (Å²) in [5.41, 5.74) is -0.339. The fraction of sp³-hybridized carbons (Fsp3) is 0.412. The minimum absolute atomic E-state index is 0.0416. The highest BCUT2D eigenvalue weighted by Crippen LogP contribution is 2.26. The lowest BCUT2D eigenvalue weighted by Gasteiger charge is -2.35. The molecule has 0 bridgehead atoms. The summed E-state index contributed by atoms with van der Waals surface area (Å²) in [7, 11) is 0. The van der Waals surface area contributed by atoms with Crippen LogP contribution in [0.3, 0.4) is 0 Å². The predicted molar refractivity (Wildman–Crippen MR) is 97.0 cm³/mol. The Kier molecular flexibility index (Phi) is 5.59. The molecule has 0 unspecified atom stereocenters. The van der Waals surface area contributed by atoms with Gasteiger partial charge in [-0.1, -0.05) is 0 Å². The summed E-state index contributed by atoms with van der Waals surface area (Å²) in [5.74, 6) is -1.65. The molecule has 1 aromatic rings. The van der Waals surface area contributed by atoms with Gasteiger partial charge in [-0.05, 0) is 6.07 Å². The van der Waals surface area contributed by atoms with Gasteiger partial charge in [-0.2, -0.15) is 0 Å². The first-order valence-electron chi connectivity index (χ1n) is 8.59. The van der Waals surface area contributed by atoms with E-state index in [4.69, 9.17) is 11.6 Å². The number of fused-ring (bicyclic) bond motifs is 1. The maximum absolute atomic E-state index is 12.5. The molecule has 0 N–H and O–H groups in total. The number of imide groups is 1. The van der Waals surface area contributed by atoms with Crippen LogP contribution in [0.2, 0.25) is 0 Å². The molecule has 0 aliphatic carbocycles. The average molecular weight is 409 g/mol. The number of non-ortho nitro benzene ring substituents is 1. The second kappa shape index (κ2) is 7.93. The molecule has 2 aliphatic heterocycles. The minimum Gasteiger partial charge on any atom is -0.339 e. The smallest absolute Gasteiger partial charge is 0.270 e. The van der Waals surface area contributed by atoms with Crippen molar-refractivity contribution >= 4 is 40.9 Å². The van der Waals surface area contributed by atoms with Gasteiger partial charge in [0.1, 0.15) is 6.54 Å². The minimum atomic E-state index is -0.729. The van der Waals surface area contributed by atoms with Crippen molar-refractivity contribution < 1.29 is 24.1 Å². The van der Waals surface area contributed by atoms with E-state index in [1.807, 2.05) is 0 Å². The zero-order chi connectivity index (χ0) is 20.4. The molecule has 3 rings (SSSR count). The number of carbonyl (C=O) groups is 4. The van der Waals surface area contributed by atoms with Gasteiger partial charge in [0.05, 0.1) is 16.1 Å². The van der Waals surface area contributed by atoms with Gasteiger partial charge < -0.3 is 9.80 Å². The number of nitrogens with zero attached hydrogens (tertiary/aromatic N) is 4. The number of halogens is 1. The Labute approximate surface area is 164 Å². The Hall–Kier alpha value is -3.01.